The van der Waals surface area contributed by atoms with Crippen LogP contribution >= 0.6 is 0 Å². The van der Waals surface area contributed by atoms with E-state index in [0.29, 0.717) is 18.3 Å². The van der Waals surface area contributed by atoms with Crippen LogP contribution in [0.5, 0.6) is 5.75 Å². The van der Waals surface area contributed by atoms with Crippen molar-refractivity contribution in [1.29, 1.82) is 0 Å². The maximum Gasteiger partial charge on any atom is 0.272 e. The van der Waals surface area contributed by atoms with E-state index in [9.17, 15) is 4.79 Å². The zero-order valence-corrected chi connectivity index (χ0v) is 15.2. The normalized spacial score (nSPS) is 15.1. The first-order valence-electron chi connectivity index (χ1n) is 9.26. The summed E-state index contributed by atoms with van der Waals surface area (Å²) >= 11 is 0. The molecule has 0 radical (unpaired) electrons. The molecule has 26 heavy (non-hydrogen) atoms. The fourth-order valence-corrected chi connectivity index (χ4v) is 3.28. The first-order chi connectivity index (χ1) is 12.8. The fourth-order valence-electron chi connectivity index (χ4n) is 3.28. The summed E-state index contributed by atoms with van der Waals surface area (Å²) < 4.78 is 5.29. The fraction of sp³-hybridized carbons (Fsp3) is 0.450. The number of benzene rings is 1. The lowest BCUT2D eigenvalue weighted by atomic mass is 10.1. The third-order valence-corrected chi connectivity index (χ3v) is 4.74. The number of ether oxygens (including phenoxy) is 1. The summed E-state index contributed by atoms with van der Waals surface area (Å²) in [6.45, 7) is 0.382. The van der Waals surface area contributed by atoms with Gasteiger partial charge in [-0.05, 0) is 31.0 Å². The minimum Gasteiger partial charge on any atom is -0.496 e. The van der Waals surface area contributed by atoms with Crippen molar-refractivity contribution in [3.8, 4) is 5.75 Å². The number of nitrogens with one attached hydrogen (secondary N) is 2. The molecule has 1 aliphatic carbocycles. The summed E-state index contributed by atoms with van der Waals surface area (Å²) in [7, 11) is 1.62. The highest BCUT2D eigenvalue weighted by molar-refractivity contribution is 5.92. The summed E-state index contributed by atoms with van der Waals surface area (Å²) in [4.78, 5) is 12.3. The van der Waals surface area contributed by atoms with E-state index >= 15 is 0 Å². The van der Waals surface area contributed by atoms with Crippen LogP contribution in [-0.4, -0.2) is 29.3 Å². The van der Waals surface area contributed by atoms with Crippen molar-refractivity contribution in [2.45, 2.75) is 51.1 Å². The molecule has 1 amide bonds. The van der Waals surface area contributed by atoms with E-state index in [1.54, 1.807) is 13.2 Å². The van der Waals surface area contributed by atoms with Gasteiger partial charge in [-0.1, -0.05) is 43.9 Å². The van der Waals surface area contributed by atoms with E-state index < -0.39 is 0 Å². The van der Waals surface area contributed by atoms with E-state index in [2.05, 4.69) is 20.8 Å². The summed E-state index contributed by atoms with van der Waals surface area (Å²) in [5.74, 6) is 1.24. The molecule has 0 aliphatic heterocycles. The van der Waals surface area contributed by atoms with Gasteiger partial charge in [0.25, 0.3) is 5.91 Å². The number of amides is 1. The Morgan fingerprint density at radius 2 is 1.85 bits per heavy atom. The zero-order chi connectivity index (χ0) is 18.2. The molecule has 0 atom stereocenters. The highest BCUT2D eigenvalue weighted by Gasteiger charge is 2.14. The maximum atomic E-state index is 12.3. The van der Waals surface area contributed by atoms with Gasteiger partial charge in [0.15, 0.2) is 5.69 Å². The lowest BCUT2D eigenvalue weighted by Gasteiger charge is -2.16. The van der Waals surface area contributed by atoms with Gasteiger partial charge < -0.3 is 15.4 Å². The molecule has 1 saturated carbocycles. The predicted octanol–water partition coefficient (Wildman–Crippen LogP) is 3.55. The number of nitrogens with zero attached hydrogens (tertiary/aromatic N) is 2. The topological polar surface area (TPSA) is 76.1 Å². The standard InChI is InChI=1S/C20H26N4O2/c1-26-18-11-7-6-8-15(18)14-21-20(25)17-12-13-19(24-23-17)22-16-9-4-2-3-5-10-16/h6-8,11-13,16H,2-5,9-10,14H2,1H3,(H,21,25)(H,22,24). The second kappa shape index (κ2) is 9.17. The minimum absolute atomic E-state index is 0.246. The first kappa shape index (κ1) is 18.2. The average molecular weight is 354 g/mol. The number of hydrogen-bond acceptors (Lipinski definition) is 5. The predicted molar refractivity (Wildman–Crippen MR) is 101 cm³/mol. The molecule has 6 heteroatoms. The SMILES string of the molecule is COc1ccccc1CNC(=O)c1ccc(NC2CCCCCC2)nn1. The molecule has 6 nitrogen and oxygen atoms in total. The molecule has 0 saturated heterocycles. The molecule has 0 bridgehead atoms. The Bertz CT molecular complexity index is 710. The summed E-state index contributed by atoms with van der Waals surface area (Å²) in [6.07, 6.45) is 7.49. The van der Waals surface area contributed by atoms with Gasteiger partial charge in [-0.2, -0.15) is 0 Å². The van der Waals surface area contributed by atoms with Gasteiger partial charge in [-0.25, -0.2) is 0 Å². The third-order valence-electron chi connectivity index (χ3n) is 4.74. The Kier molecular flexibility index (Phi) is 6.41. The van der Waals surface area contributed by atoms with Crippen molar-refractivity contribution in [1.82, 2.24) is 15.5 Å². The Morgan fingerprint density at radius 3 is 2.54 bits per heavy atom. The number of carbonyl (C=O) groups is 1. The van der Waals surface area contributed by atoms with Crippen LogP contribution in [0.15, 0.2) is 36.4 Å². The van der Waals surface area contributed by atoms with E-state index in [1.807, 2.05) is 30.3 Å². The zero-order valence-electron chi connectivity index (χ0n) is 15.2. The number of carbonyl (C=O) groups excluding carboxylic acids is 1. The molecule has 2 aromatic rings. The van der Waals surface area contributed by atoms with E-state index in [-0.39, 0.29) is 5.91 Å². The molecule has 0 unspecified atom stereocenters. The van der Waals surface area contributed by atoms with Crippen LogP contribution in [0.1, 0.15) is 54.6 Å². The van der Waals surface area contributed by atoms with Gasteiger partial charge in [-0.3, -0.25) is 4.79 Å². The number of hydrogen-bond donors (Lipinski definition) is 2. The molecular formula is C20H26N4O2. The Morgan fingerprint density at radius 1 is 1.08 bits per heavy atom. The van der Waals surface area contributed by atoms with E-state index in [4.69, 9.17) is 4.74 Å². The van der Waals surface area contributed by atoms with Crippen molar-refractivity contribution in [2.24, 2.45) is 0 Å². The van der Waals surface area contributed by atoms with Crippen LogP contribution in [0, 0.1) is 0 Å². The Labute approximate surface area is 154 Å². The molecule has 1 fully saturated rings. The highest BCUT2D eigenvalue weighted by Crippen LogP contribution is 2.20. The summed E-state index contributed by atoms with van der Waals surface area (Å²) in [5, 5.41) is 14.5. The van der Waals surface area contributed by atoms with Crippen LogP contribution < -0.4 is 15.4 Å². The number of rotatable bonds is 6. The van der Waals surface area contributed by atoms with Crippen molar-refractivity contribution in [3.05, 3.63) is 47.7 Å². The van der Waals surface area contributed by atoms with Crippen LogP contribution in [0.2, 0.25) is 0 Å². The van der Waals surface area contributed by atoms with Gasteiger partial charge >= 0.3 is 0 Å². The van der Waals surface area contributed by atoms with Gasteiger partial charge in [0, 0.05) is 18.2 Å². The monoisotopic (exact) mass is 354 g/mol. The Balaban J connectivity index is 1.54. The van der Waals surface area contributed by atoms with Crippen LogP contribution in [-0.2, 0) is 6.54 Å². The molecule has 1 aromatic carbocycles. The number of aromatic nitrogens is 2. The van der Waals surface area contributed by atoms with Crippen LogP contribution in [0.4, 0.5) is 5.82 Å². The molecular weight excluding hydrogens is 328 g/mol. The van der Waals surface area contributed by atoms with Crippen molar-refractivity contribution in [3.63, 3.8) is 0 Å². The third kappa shape index (κ3) is 4.94. The lowest BCUT2D eigenvalue weighted by molar-refractivity contribution is 0.0944. The number of methoxy groups -OCH3 is 1. The summed E-state index contributed by atoms with van der Waals surface area (Å²) in [5.41, 5.74) is 1.23. The maximum absolute atomic E-state index is 12.3. The molecule has 1 heterocycles. The van der Waals surface area contributed by atoms with Gasteiger partial charge in [0.05, 0.1) is 7.11 Å². The quantitative estimate of drug-likeness (QED) is 0.776. The molecule has 1 aromatic heterocycles. The molecule has 138 valence electrons. The average Bonchev–Trinajstić information content (AvgIpc) is 2.95. The number of anilines is 1. The van der Waals surface area contributed by atoms with Gasteiger partial charge in [-0.15, -0.1) is 10.2 Å². The molecule has 2 N–H and O–H groups in total. The summed E-state index contributed by atoms with van der Waals surface area (Å²) in [6, 6.07) is 11.6. The van der Waals surface area contributed by atoms with Crippen molar-refractivity contribution >= 4 is 11.7 Å². The highest BCUT2D eigenvalue weighted by atomic mass is 16.5. The van der Waals surface area contributed by atoms with Crippen LogP contribution in [0.3, 0.4) is 0 Å². The van der Waals surface area contributed by atoms with Gasteiger partial charge in [0.2, 0.25) is 0 Å². The van der Waals surface area contributed by atoms with E-state index in [1.165, 1.54) is 38.5 Å². The molecule has 1 aliphatic rings. The number of para-hydroxylation sites is 1. The first-order valence-corrected chi connectivity index (χ1v) is 9.26. The Hall–Kier alpha value is -2.63. The lowest BCUT2D eigenvalue weighted by Crippen LogP contribution is -2.25. The minimum atomic E-state index is -0.246. The smallest absolute Gasteiger partial charge is 0.272 e. The van der Waals surface area contributed by atoms with Crippen molar-refractivity contribution < 1.29 is 9.53 Å². The van der Waals surface area contributed by atoms with Crippen LogP contribution in [0.25, 0.3) is 0 Å². The van der Waals surface area contributed by atoms with E-state index in [0.717, 1.165) is 17.1 Å². The van der Waals surface area contributed by atoms with Gasteiger partial charge in [0.1, 0.15) is 11.6 Å². The van der Waals surface area contributed by atoms with Crippen molar-refractivity contribution in [2.75, 3.05) is 12.4 Å². The molecule has 3 rings (SSSR count). The second-order valence-corrected chi connectivity index (χ2v) is 6.63. The largest absolute Gasteiger partial charge is 0.496 e. The second-order valence-electron chi connectivity index (χ2n) is 6.63. The molecule has 0 spiro atoms.